The molecule has 0 aliphatic heterocycles. The smallest absolute Gasteiger partial charge is 0.123 e. The van der Waals surface area contributed by atoms with Gasteiger partial charge in [-0.2, -0.15) is 0 Å². The molecule has 0 aliphatic carbocycles. The minimum Gasteiger partial charge on any atom is -0.507 e. The lowest BCUT2D eigenvalue weighted by molar-refractivity contribution is 0.472. The summed E-state index contributed by atoms with van der Waals surface area (Å²) in [6.45, 7) is 7.97. The third kappa shape index (κ3) is 2.85. The summed E-state index contributed by atoms with van der Waals surface area (Å²) in [6.07, 6.45) is 3.65. The maximum Gasteiger partial charge on any atom is 0.123 e. The van der Waals surface area contributed by atoms with Gasteiger partial charge in [-0.1, -0.05) is 12.2 Å². The van der Waals surface area contributed by atoms with E-state index in [2.05, 4.69) is 0 Å². The lowest BCUT2D eigenvalue weighted by Gasteiger charge is -2.06. The zero-order chi connectivity index (χ0) is 14.9. The molecule has 2 N–H and O–H groups in total. The van der Waals surface area contributed by atoms with Crippen LogP contribution in [0.5, 0.6) is 11.5 Å². The second-order valence-electron chi connectivity index (χ2n) is 5.32. The third-order valence-electron chi connectivity index (χ3n) is 3.73. The van der Waals surface area contributed by atoms with Crippen molar-refractivity contribution in [2.24, 2.45) is 0 Å². The number of benzene rings is 2. The van der Waals surface area contributed by atoms with Crippen LogP contribution >= 0.6 is 0 Å². The average Bonchev–Trinajstić information content (AvgIpc) is 2.37. The summed E-state index contributed by atoms with van der Waals surface area (Å²) in [5.41, 5.74) is 5.90. The molecule has 0 radical (unpaired) electrons. The van der Waals surface area contributed by atoms with Crippen molar-refractivity contribution in [3.05, 3.63) is 57.6 Å². The molecule has 0 unspecified atom stereocenters. The minimum atomic E-state index is 0.257. The van der Waals surface area contributed by atoms with Gasteiger partial charge in [0, 0.05) is 11.1 Å². The van der Waals surface area contributed by atoms with Gasteiger partial charge in [-0.25, -0.2) is 0 Å². The van der Waals surface area contributed by atoms with E-state index in [1.54, 1.807) is 12.1 Å². The molecule has 0 aromatic heterocycles. The van der Waals surface area contributed by atoms with E-state index < -0.39 is 0 Å². The second-order valence-corrected chi connectivity index (χ2v) is 5.32. The number of phenols is 2. The Kier molecular flexibility index (Phi) is 3.84. The first-order valence-corrected chi connectivity index (χ1v) is 6.67. The van der Waals surface area contributed by atoms with E-state index in [0.29, 0.717) is 0 Å². The summed E-state index contributed by atoms with van der Waals surface area (Å²) in [6, 6.07) is 7.41. The summed E-state index contributed by atoms with van der Waals surface area (Å²) < 4.78 is 0. The predicted molar refractivity (Wildman–Crippen MR) is 84.1 cm³/mol. The van der Waals surface area contributed by atoms with E-state index in [1.165, 1.54) is 0 Å². The zero-order valence-corrected chi connectivity index (χ0v) is 12.4. The fourth-order valence-electron chi connectivity index (χ4n) is 2.09. The Labute approximate surface area is 120 Å². The van der Waals surface area contributed by atoms with E-state index in [9.17, 15) is 10.2 Å². The van der Waals surface area contributed by atoms with E-state index >= 15 is 0 Å². The largest absolute Gasteiger partial charge is 0.507 e. The van der Waals surface area contributed by atoms with Crippen molar-refractivity contribution in [1.82, 2.24) is 0 Å². The van der Waals surface area contributed by atoms with Crippen molar-refractivity contribution in [1.29, 1.82) is 0 Å². The van der Waals surface area contributed by atoms with Crippen LogP contribution in [0, 0.1) is 27.7 Å². The number of hydrogen-bond donors (Lipinski definition) is 2. The molecule has 2 nitrogen and oxygen atoms in total. The van der Waals surface area contributed by atoms with Crippen LogP contribution in [0.1, 0.15) is 33.4 Å². The van der Waals surface area contributed by atoms with Crippen LogP contribution in [0.4, 0.5) is 0 Å². The lowest BCUT2D eigenvalue weighted by atomic mass is 10.0. The number of hydrogen-bond acceptors (Lipinski definition) is 2. The Morgan fingerprint density at radius 1 is 0.600 bits per heavy atom. The van der Waals surface area contributed by atoms with Crippen molar-refractivity contribution >= 4 is 12.2 Å². The van der Waals surface area contributed by atoms with Crippen LogP contribution in [-0.2, 0) is 0 Å². The average molecular weight is 268 g/mol. The highest BCUT2D eigenvalue weighted by Crippen LogP contribution is 2.27. The molecule has 2 aromatic rings. The van der Waals surface area contributed by atoms with Gasteiger partial charge >= 0.3 is 0 Å². The molecule has 0 saturated carbocycles. The lowest BCUT2D eigenvalue weighted by Crippen LogP contribution is -1.85. The van der Waals surface area contributed by atoms with Crippen LogP contribution < -0.4 is 0 Å². The Balaban J connectivity index is 2.39. The molecule has 0 amide bonds. The van der Waals surface area contributed by atoms with Gasteiger partial charge < -0.3 is 10.2 Å². The van der Waals surface area contributed by atoms with E-state index in [4.69, 9.17) is 0 Å². The van der Waals surface area contributed by atoms with Crippen LogP contribution in [0.3, 0.4) is 0 Å². The summed E-state index contributed by atoms with van der Waals surface area (Å²) in [7, 11) is 0. The van der Waals surface area contributed by atoms with E-state index in [-0.39, 0.29) is 11.5 Å². The number of aromatic hydroxyl groups is 2. The fourth-order valence-corrected chi connectivity index (χ4v) is 2.09. The summed E-state index contributed by atoms with van der Waals surface area (Å²) in [5, 5.41) is 19.9. The second kappa shape index (κ2) is 5.41. The first-order valence-electron chi connectivity index (χ1n) is 6.67. The normalized spacial score (nSPS) is 11.2. The number of phenolic OH excluding ortho intramolecular Hbond substituents is 2. The Hall–Kier alpha value is -2.22. The van der Waals surface area contributed by atoms with Crippen LogP contribution in [0.25, 0.3) is 12.2 Å². The quantitative estimate of drug-likeness (QED) is 0.787. The molecule has 0 bridgehead atoms. The van der Waals surface area contributed by atoms with Crippen molar-refractivity contribution < 1.29 is 10.2 Å². The van der Waals surface area contributed by atoms with Gasteiger partial charge in [0.1, 0.15) is 11.5 Å². The zero-order valence-electron chi connectivity index (χ0n) is 12.4. The van der Waals surface area contributed by atoms with Gasteiger partial charge in [0.25, 0.3) is 0 Å². The Morgan fingerprint density at radius 2 is 0.900 bits per heavy atom. The van der Waals surface area contributed by atoms with E-state index in [0.717, 1.165) is 33.4 Å². The fraction of sp³-hybridized carbons (Fsp3) is 0.222. The van der Waals surface area contributed by atoms with Crippen LogP contribution in [-0.4, -0.2) is 10.2 Å². The SMILES string of the molecule is Cc1cc(O)c(/C=C/c2cc(C)c(C)cc2O)cc1C. The predicted octanol–water partition coefficient (Wildman–Crippen LogP) is 4.50. The molecule has 20 heavy (non-hydrogen) atoms. The van der Waals surface area contributed by atoms with Crippen molar-refractivity contribution in [3.63, 3.8) is 0 Å². The molecule has 104 valence electrons. The number of aryl methyl sites for hydroxylation is 4. The summed E-state index contributed by atoms with van der Waals surface area (Å²) in [5.74, 6) is 0.514. The molecule has 2 aromatic carbocycles. The highest BCUT2D eigenvalue weighted by Gasteiger charge is 2.04. The van der Waals surface area contributed by atoms with Gasteiger partial charge in [-0.05, 0) is 74.2 Å². The van der Waals surface area contributed by atoms with Gasteiger partial charge in [-0.3, -0.25) is 0 Å². The van der Waals surface area contributed by atoms with Crippen LogP contribution in [0.2, 0.25) is 0 Å². The van der Waals surface area contributed by atoms with Crippen molar-refractivity contribution in [3.8, 4) is 11.5 Å². The highest BCUT2D eigenvalue weighted by atomic mass is 16.3. The standard InChI is InChI=1S/C18H20O2/c1-11-7-15(17(19)9-13(11)3)5-6-16-8-12(2)14(4)10-18(16)20/h5-10,19-20H,1-4H3/b6-5+. The third-order valence-corrected chi connectivity index (χ3v) is 3.73. The minimum absolute atomic E-state index is 0.257. The molecule has 0 spiro atoms. The first-order chi connectivity index (χ1) is 9.38. The van der Waals surface area contributed by atoms with Gasteiger partial charge in [0.05, 0.1) is 0 Å². The summed E-state index contributed by atoms with van der Waals surface area (Å²) in [4.78, 5) is 0. The monoisotopic (exact) mass is 268 g/mol. The van der Waals surface area contributed by atoms with Gasteiger partial charge in [-0.15, -0.1) is 0 Å². The maximum atomic E-state index is 9.95. The molecule has 0 aliphatic rings. The number of rotatable bonds is 2. The molecule has 0 heterocycles. The molecule has 0 atom stereocenters. The summed E-state index contributed by atoms with van der Waals surface area (Å²) >= 11 is 0. The maximum absolute atomic E-state index is 9.95. The molecule has 2 rings (SSSR count). The van der Waals surface area contributed by atoms with E-state index in [1.807, 2.05) is 52.0 Å². The highest BCUT2D eigenvalue weighted by molar-refractivity contribution is 5.75. The first kappa shape index (κ1) is 14.2. The Morgan fingerprint density at radius 3 is 1.25 bits per heavy atom. The topological polar surface area (TPSA) is 40.5 Å². The molecular formula is C18H20O2. The van der Waals surface area contributed by atoms with Crippen molar-refractivity contribution in [2.75, 3.05) is 0 Å². The Bertz CT molecular complexity index is 623. The molecular weight excluding hydrogens is 248 g/mol. The van der Waals surface area contributed by atoms with Crippen molar-refractivity contribution in [2.45, 2.75) is 27.7 Å². The van der Waals surface area contributed by atoms with Gasteiger partial charge in [0.15, 0.2) is 0 Å². The molecule has 2 heteroatoms. The molecule has 0 saturated heterocycles. The molecule has 0 fully saturated rings. The van der Waals surface area contributed by atoms with Crippen LogP contribution in [0.15, 0.2) is 24.3 Å². The van der Waals surface area contributed by atoms with Gasteiger partial charge in [0.2, 0.25) is 0 Å².